The maximum absolute atomic E-state index is 13.4. The largest absolute Gasteiger partial charge is 0.433 e. The molecule has 0 radical (unpaired) electrons. The van der Waals surface area contributed by atoms with E-state index in [1.54, 1.807) is 12.3 Å². The van der Waals surface area contributed by atoms with E-state index in [1.165, 1.54) is 23.5 Å². The van der Waals surface area contributed by atoms with E-state index in [0.29, 0.717) is 27.4 Å². The lowest BCUT2D eigenvalue weighted by molar-refractivity contribution is -0.140. The number of pyridine rings is 1. The van der Waals surface area contributed by atoms with Crippen LogP contribution in [0.4, 0.5) is 24.0 Å². The van der Waals surface area contributed by atoms with Gasteiger partial charge in [0.2, 0.25) is 0 Å². The highest BCUT2D eigenvalue weighted by Crippen LogP contribution is 2.35. The predicted octanol–water partition coefficient (Wildman–Crippen LogP) is 5.58. The van der Waals surface area contributed by atoms with Gasteiger partial charge in [0.25, 0.3) is 5.91 Å². The lowest BCUT2D eigenvalue weighted by Crippen LogP contribution is -2.41. The number of anilines is 2. The van der Waals surface area contributed by atoms with Crippen molar-refractivity contribution in [2.45, 2.75) is 43.9 Å². The van der Waals surface area contributed by atoms with Crippen LogP contribution in [0.2, 0.25) is 5.02 Å². The molecule has 1 aromatic carbocycles. The first-order valence-corrected chi connectivity index (χ1v) is 11.7. The van der Waals surface area contributed by atoms with Crippen molar-refractivity contribution in [2.24, 2.45) is 0 Å². The van der Waals surface area contributed by atoms with E-state index >= 15 is 0 Å². The van der Waals surface area contributed by atoms with Crippen LogP contribution in [0.3, 0.4) is 0 Å². The minimum atomic E-state index is -4.56. The predicted molar refractivity (Wildman–Crippen MR) is 125 cm³/mol. The molecule has 2 N–H and O–H groups in total. The smallest absolute Gasteiger partial charge is 0.382 e. The summed E-state index contributed by atoms with van der Waals surface area (Å²) in [6.07, 6.45) is 0.0112. The van der Waals surface area contributed by atoms with Crippen molar-refractivity contribution in [1.29, 1.82) is 0 Å². The summed E-state index contributed by atoms with van der Waals surface area (Å²) in [4.78, 5) is 23.0. The fourth-order valence-electron chi connectivity index (χ4n) is 3.97. The summed E-state index contributed by atoms with van der Waals surface area (Å²) in [5.41, 5.74) is -0.397. The first kappa shape index (κ1) is 23.6. The second-order valence-corrected chi connectivity index (χ2v) is 9.74. The molecule has 2 atom stereocenters. The van der Waals surface area contributed by atoms with Crippen LogP contribution in [-0.4, -0.2) is 42.1 Å². The molecule has 1 fully saturated rings. The Morgan fingerprint density at radius 2 is 1.97 bits per heavy atom. The molecule has 1 aliphatic rings. The molecule has 6 nitrogen and oxygen atoms in total. The van der Waals surface area contributed by atoms with Gasteiger partial charge in [-0.3, -0.25) is 4.79 Å². The average Bonchev–Trinajstić information content (AvgIpc) is 3.24. The molecule has 2 aromatic heterocycles. The van der Waals surface area contributed by atoms with Crippen LogP contribution < -0.4 is 15.5 Å². The zero-order valence-electron chi connectivity index (χ0n) is 18.0. The molecule has 0 saturated heterocycles. The van der Waals surface area contributed by atoms with E-state index in [4.69, 9.17) is 11.6 Å². The highest BCUT2D eigenvalue weighted by Gasteiger charge is 2.34. The first-order chi connectivity index (χ1) is 15.6. The molecule has 11 heteroatoms. The monoisotopic (exact) mass is 497 g/mol. The molecular formula is C22H23ClF3N5OS. The van der Waals surface area contributed by atoms with Gasteiger partial charge in [-0.05, 0) is 49.9 Å². The molecule has 33 heavy (non-hydrogen) atoms. The van der Waals surface area contributed by atoms with Gasteiger partial charge >= 0.3 is 6.18 Å². The molecule has 0 bridgehead atoms. The quantitative estimate of drug-likeness (QED) is 0.481. The molecule has 0 aliphatic heterocycles. The van der Waals surface area contributed by atoms with Crippen molar-refractivity contribution in [2.75, 3.05) is 24.3 Å². The summed E-state index contributed by atoms with van der Waals surface area (Å²) in [5, 5.41) is 8.00. The summed E-state index contributed by atoms with van der Waals surface area (Å²) in [6.45, 7) is 0. The minimum Gasteiger partial charge on any atom is -0.382 e. The number of thiazole rings is 1. The maximum Gasteiger partial charge on any atom is 0.433 e. The van der Waals surface area contributed by atoms with Gasteiger partial charge in [-0.2, -0.15) is 13.2 Å². The summed E-state index contributed by atoms with van der Waals surface area (Å²) < 4.78 is 40.2. The summed E-state index contributed by atoms with van der Waals surface area (Å²) in [5.74, 6) is -0.188. The molecule has 1 amide bonds. The molecule has 1 saturated carbocycles. The van der Waals surface area contributed by atoms with Gasteiger partial charge in [-0.1, -0.05) is 22.9 Å². The SMILES string of the molecule is CN(C)c1ncc(C(=O)N[C@@H]2CCC[C@H](Nc3cc(C(F)(F)F)nc4ccc(Cl)cc34)C2)s1. The van der Waals surface area contributed by atoms with Crippen molar-refractivity contribution < 1.29 is 18.0 Å². The molecule has 1 aliphatic carbocycles. The fourth-order valence-corrected chi connectivity index (χ4v) is 4.88. The second kappa shape index (κ2) is 9.34. The standard InChI is InChI=1S/C22H23ClF3N5OS/c1-31(2)21-27-11-18(33-21)20(32)29-14-5-3-4-13(9-14)28-17-10-19(22(24,25)26)30-16-7-6-12(23)8-15(16)17/h6-8,10-11,13-14H,3-5,9H2,1-2H3,(H,28,30)(H,29,32)/t13-,14+/m0/s1. The Labute approximate surface area is 198 Å². The Morgan fingerprint density at radius 3 is 2.67 bits per heavy atom. The van der Waals surface area contributed by atoms with Gasteiger partial charge in [0.1, 0.15) is 10.6 Å². The minimum absolute atomic E-state index is 0.0903. The maximum atomic E-state index is 13.4. The van der Waals surface area contributed by atoms with Crippen molar-refractivity contribution in [3.05, 3.63) is 46.1 Å². The number of carbonyl (C=O) groups excluding carboxylic acids is 1. The van der Waals surface area contributed by atoms with Gasteiger partial charge in [0.05, 0.1) is 11.7 Å². The Morgan fingerprint density at radius 1 is 1.21 bits per heavy atom. The highest BCUT2D eigenvalue weighted by molar-refractivity contribution is 7.17. The molecule has 4 rings (SSSR count). The number of halogens is 4. The van der Waals surface area contributed by atoms with E-state index in [1.807, 2.05) is 19.0 Å². The molecule has 0 spiro atoms. The third-order valence-electron chi connectivity index (χ3n) is 5.53. The molecular weight excluding hydrogens is 475 g/mol. The number of nitrogens with zero attached hydrogens (tertiary/aromatic N) is 3. The number of nitrogens with one attached hydrogen (secondary N) is 2. The van der Waals surface area contributed by atoms with Crippen LogP contribution in [-0.2, 0) is 6.18 Å². The van der Waals surface area contributed by atoms with Gasteiger partial charge in [0, 0.05) is 42.3 Å². The third kappa shape index (κ3) is 5.50. The third-order valence-corrected chi connectivity index (χ3v) is 6.93. The van der Waals surface area contributed by atoms with Crippen molar-refractivity contribution in [3.63, 3.8) is 0 Å². The fraction of sp³-hybridized carbons (Fsp3) is 0.409. The van der Waals surface area contributed by atoms with Gasteiger partial charge in [-0.15, -0.1) is 0 Å². The molecule has 176 valence electrons. The number of carbonyl (C=O) groups is 1. The van der Waals surface area contributed by atoms with E-state index in [9.17, 15) is 18.0 Å². The van der Waals surface area contributed by atoms with E-state index in [-0.39, 0.29) is 23.5 Å². The number of hydrogen-bond acceptors (Lipinski definition) is 6. The average molecular weight is 498 g/mol. The van der Waals surface area contributed by atoms with Crippen LogP contribution in [0.25, 0.3) is 10.9 Å². The summed E-state index contributed by atoms with van der Waals surface area (Å²) >= 11 is 7.40. The zero-order chi connectivity index (χ0) is 23.8. The van der Waals surface area contributed by atoms with Crippen LogP contribution in [0.1, 0.15) is 41.0 Å². The Bertz CT molecular complexity index is 1170. The topological polar surface area (TPSA) is 70.2 Å². The van der Waals surface area contributed by atoms with E-state index < -0.39 is 11.9 Å². The number of aromatic nitrogens is 2. The number of hydrogen-bond donors (Lipinski definition) is 2. The van der Waals surface area contributed by atoms with Crippen LogP contribution >= 0.6 is 22.9 Å². The first-order valence-electron chi connectivity index (χ1n) is 10.5. The number of fused-ring (bicyclic) bond motifs is 1. The zero-order valence-corrected chi connectivity index (χ0v) is 19.6. The van der Waals surface area contributed by atoms with Crippen LogP contribution in [0, 0.1) is 0 Å². The highest BCUT2D eigenvalue weighted by atomic mass is 35.5. The number of alkyl halides is 3. The van der Waals surface area contributed by atoms with Crippen molar-refractivity contribution >= 4 is 50.6 Å². The second-order valence-electron chi connectivity index (χ2n) is 8.29. The Kier molecular flexibility index (Phi) is 6.67. The lowest BCUT2D eigenvalue weighted by Gasteiger charge is -2.31. The Balaban J connectivity index is 1.51. The normalized spacial score (nSPS) is 18.8. The number of benzene rings is 1. The Hall–Kier alpha value is -2.59. The van der Waals surface area contributed by atoms with Crippen molar-refractivity contribution in [1.82, 2.24) is 15.3 Å². The summed E-state index contributed by atoms with van der Waals surface area (Å²) in [7, 11) is 3.72. The van der Waals surface area contributed by atoms with Crippen LogP contribution in [0.15, 0.2) is 30.5 Å². The van der Waals surface area contributed by atoms with E-state index in [0.717, 1.165) is 30.5 Å². The van der Waals surface area contributed by atoms with Gasteiger partial charge < -0.3 is 15.5 Å². The van der Waals surface area contributed by atoms with Gasteiger partial charge in [0.15, 0.2) is 5.13 Å². The molecule has 2 heterocycles. The van der Waals surface area contributed by atoms with Crippen molar-refractivity contribution in [3.8, 4) is 0 Å². The molecule has 0 unspecified atom stereocenters. The van der Waals surface area contributed by atoms with Gasteiger partial charge in [-0.25, -0.2) is 9.97 Å². The summed E-state index contributed by atoms with van der Waals surface area (Å²) in [6, 6.07) is 5.45. The number of amides is 1. The van der Waals surface area contributed by atoms with E-state index in [2.05, 4.69) is 20.6 Å². The lowest BCUT2D eigenvalue weighted by atomic mass is 9.90. The number of rotatable bonds is 5. The molecule has 3 aromatic rings. The van der Waals surface area contributed by atoms with Crippen LogP contribution in [0.5, 0.6) is 0 Å².